The molecule has 5 rings (SSSR count). The van der Waals surface area contributed by atoms with Crippen molar-refractivity contribution in [1.29, 1.82) is 0 Å². The number of likely N-dealkylation sites (N-methyl/N-ethyl adjacent to an activating group) is 1. The number of rotatable bonds is 5. The van der Waals surface area contributed by atoms with Crippen molar-refractivity contribution in [2.45, 2.75) is 6.92 Å². The normalized spacial score (nSPS) is 11.5. The number of anilines is 1. The molecular formula is C25H21N3O3. The molecule has 0 aliphatic carbocycles. The summed E-state index contributed by atoms with van der Waals surface area (Å²) in [6.07, 6.45) is 0. The summed E-state index contributed by atoms with van der Waals surface area (Å²) in [6.45, 7) is 6.00. The number of hydrogen-bond donors (Lipinski definition) is 0. The van der Waals surface area contributed by atoms with E-state index in [2.05, 4.69) is 6.58 Å². The Balaban J connectivity index is 1.67. The fraction of sp³-hybridized carbons (Fsp3) is 0.160. The van der Waals surface area contributed by atoms with Gasteiger partial charge in [-0.1, -0.05) is 36.9 Å². The third-order valence-electron chi connectivity index (χ3n) is 5.67. The Labute approximate surface area is 178 Å². The van der Waals surface area contributed by atoms with E-state index in [0.29, 0.717) is 23.2 Å². The van der Waals surface area contributed by atoms with Crippen molar-refractivity contribution in [2.24, 2.45) is 0 Å². The van der Waals surface area contributed by atoms with Crippen LogP contribution in [-0.4, -0.2) is 35.6 Å². The molecule has 31 heavy (non-hydrogen) atoms. The van der Waals surface area contributed by atoms with Crippen LogP contribution in [0.5, 0.6) is 0 Å². The molecule has 0 bridgehead atoms. The molecule has 0 saturated carbocycles. The van der Waals surface area contributed by atoms with Gasteiger partial charge in [0.05, 0.1) is 17.6 Å². The second-order valence-electron chi connectivity index (χ2n) is 7.76. The minimum atomic E-state index is -0.394. The number of fused-ring (bicyclic) bond motifs is 4. The van der Waals surface area contributed by atoms with E-state index in [1.807, 2.05) is 66.5 Å². The summed E-state index contributed by atoms with van der Waals surface area (Å²) in [5.74, 6) is -0.394. The highest BCUT2D eigenvalue weighted by Crippen LogP contribution is 2.34. The summed E-state index contributed by atoms with van der Waals surface area (Å²) in [5, 5.41) is 3.47. The zero-order valence-electron chi connectivity index (χ0n) is 17.4. The van der Waals surface area contributed by atoms with Crippen LogP contribution in [0.2, 0.25) is 0 Å². The van der Waals surface area contributed by atoms with Crippen LogP contribution < -0.4 is 10.5 Å². The molecule has 3 aromatic carbocycles. The van der Waals surface area contributed by atoms with Gasteiger partial charge in [-0.2, -0.15) is 0 Å². The lowest BCUT2D eigenvalue weighted by atomic mass is 10.0. The van der Waals surface area contributed by atoms with Crippen molar-refractivity contribution < 1.29 is 9.53 Å². The van der Waals surface area contributed by atoms with Crippen LogP contribution in [-0.2, 0) is 9.53 Å². The number of ether oxygens (including phenoxy) is 1. The number of aromatic nitrogens is 2. The highest BCUT2D eigenvalue weighted by Gasteiger charge is 2.18. The molecule has 6 nitrogen and oxygen atoms in total. The zero-order chi connectivity index (χ0) is 21.7. The van der Waals surface area contributed by atoms with Crippen LogP contribution >= 0.6 is 0 Å². The number of imidazole rings is 1. The van der Waals surface area contributed by atoms with Crippen LogP contribution in [0.15, 0.2) is 71.5 Å². The van der Waals surface area contributed by atoms with E-state index in [1.54, 1.807) is 11.3 Å². The first-order valence-corrected chi connectivity index (χ1v) is 10.1. The Morgan fingerprint density at radius 2 is 1.84 bits per heavy atom. The average molecular weight is 411 g/mol. The number of carbonyl (C=O) groups is 1. The highest BCUT2D eigenvalue weighted by atomic mass is 16.5. The van der Waals surface area contributed by atoms with Crippen molar-refractivity contribution in [3.8, 4) is 0 Å². The SMILES string of the molecule is C=C(C)C(=O)OCCN(C)c1ccc2c(=O)n3c4ccccc4nc3c3cccc1c23. The molecule has 0 fully saturated rings. The fourth-order valence-electron chi connectivity index (χ4n) is 4.14. The molecule has 154 valence electrons. The minimum absolute atomic E-state index is 0.0722. The number of carbonyl (C=O) groups excluding carboxylic acids is 1. The molecule has 5 aromatic rings. The van der Waals surface area contributed by atoms with Crippen molar-refractivity contribution in [3.63, 3.8) is 0 Å². The van der Waals surface area contributed by atoms with Crippen LogP contribution in [0.4, 0.5) is 5.69 Å². The first-order valence-electron chi connectivity index (χ1n) is 10.1. The largest absolute Gasteiger partial charge is 0.460 e. The third kappa shape index (κ3) is 2.91. The quantitative estimate of drug-likeness (QED) is 0.321. The van der Waals surface area contributed by atoms with Gasteiger partial charge in [0.1, 0.15) is 12.3 Å². The van der Waals surface area contributed by atoms with Gasteiger partial charge in [-0.3, -0.25) is 9.20 Å². The molecule has 0 spiro atoms. The van der Waals surface area contributed by atoms with Gasteiger partial charge in [0.15, 0.2) is 0 Å². The molecular weight excluding hydrogens is 390 g/mol. The van der Waals surface area contributed by atoms with E-state index in [-0.39, 0.29) is 12.2 Å². The van der Waals surface area contributed by atoms with Crippen molar-refractivity contribution in [3.05, 3.63) is 77.1 Å². The van der Waals surface area contributed by atoms with Crippen LogP contribution in [0, 0.1) is 0 Å². The summed E-state index contributed by atoms with van der Waals surface area (Å²) in [7, 11) is 1.94. The standard InChI is InChI=1S/C25H21N3O3/c1-15(2)25(30)31-14-13-27(3)20-12-11-18-22-16(20)7-6-8-17(22)23-26-19-9-4-5-10-21(19)28(23)24(18)29/h4-12H,1,13-14H2,2-3H3. The molecule has 0 amide bonds. The van der Waals surface area contributed by atoms with Gasteiger partial charge in [0.2, 0.25) is 0 Å². The van der Waals surface area contributed by atoms with Crippen LogP contribution in [0.25, 0.3) is 38.2 Å². The topological polar surface area (TPSA) is 63.9 Å². The lowest BCUT2D eigenvalue weighted by molar-refractivity contribution is -0.138. The van der Waals surface area contributed by atoms with Crippen molar-refractivity contribution in [2.75, 3.05) is 25.1 Å². The number of pyridine rings is 1. The smallest absolute Gasteiger partial charge is 0.333 e. The first kappa shape index (κ1) is 19.1. The Hall–Kier alpha value is -3.93. The molecule has 0 unspecified atom stereocenters. The number of esters is 1. The Morgan fingerprint density at radius 1 is 1.06 bits per heavy atom. The van der Waals surface area contributed by atoms with Gasteiger partial charge in [0.25, 0.3) is 5.56 Å². The van der Waals surface area contributed by atoms with Crippen molar-refractivity contribution in [1.82, 2.24) is 9.38 Å². The molecule has 0 N–H and O–H groups in total. The summed E-state index contributed by atoms with van der Waals surface area (Å²) < 4.78 is 6.94. The second kappa shape index (κ2) is 7.09. The van der Waals surface area contributed by atoms with Crippen LogP contribution in [0.3, 0.4) is 0 Å². The molecule has 0 saturated heterocycles. The summed E-state index contributed by atoms with van der Waals surface area (Å²) in [5.41, 5.74) is 3.55. The maximum absolute atomic E-state index is 13.4. The van der Waals surface area contributed by atoms with Gasteiger partial charge in [-0.05, 0) is 31.2 Å². The molecule has 0 aliphatic rings. The van der Waals surface area contributed by atoms with E-state index in [9.17, 15) is 9.59 Å². The zero-order valence-corrected chi connectivity index (χ0v) is 17.4. The average Bonchev–Trinajstić information content (AvgIpc) is 3.16. The lowest BCUT2D eigenvalue weighted by Gasteiger charge is -2.22. The maximum atomic E-state index is 13.4. The summed E-state index contributed by atoms with van der Waals surface area (Å²) in [6, 6.07) is 17.5. The van der Waals surface area contributed by atoms with Gasteiger partial charge in [0, 0.05) is 39.9 Å². The molecule has 0 aliphatic heterocycles. The summed E-state index contributed by atoms with van der Waals surface area (Å²) >= 11 is 0. The van der Waals surface area contributed by atoms with Crippen molar-refractivity contribution >= 4 is 49.9 Å². The predicted molar refractivity (Wildman–Crippen MR) is 124 cm³/mol. The molecule has 6 heteroatoms. The highest BCUT2D eigenvalue weighted by molar-refractivity contribution is 6.18. The molecule has 2 aromatic heterocycles. The van der Waals surface area contributed by atoms with Gasteiger partial charge in [-0.25, -0.2) is 9.78 Å². The predicted octanol–water partition coefficient (Wildman–Crippen LogP) is 4.15. The van der Waals surface area contributed by atoms with E-state index < -0.39 is 5.97 Å². The van der Waals surface area contributed by atoms with Crippen LogP contribution in [0.1, 0.15) is 6.92 Å². The van der Waals surface area contributed by atoms with Gasteiger partial charge in [-0.15, -0.1) is 0 Å². The first-order chi connectivity index (χ1) is 15.0. The Morgan fingerprint density at radius 3 is 2.65 bits per heavy atom. The van der Waals surface area contributed by atoms with E-state index in [0.717, 1.165) is 32.9 Å². The van der Waals surface area contributed by atoms with E-state index in [1.165, 1.54) is 0 Å². The minimum Gasteiger partial charge on any atom is -0.460 e. The van der Waals surface area contributed by atoms with E-state index >= 15 is 0 Å². The molecule has 0 atom stereocenters. The maximum Gasteiger partial charge on any atom is 0.333 e. The summed E-state index contributed by atoms with van der Waals surface area (Å²) in [4.78, 5) is 31.8. The number of benzene rings is 3. The Bertz CT molecular complexity index is 1550. The van der Waals surface area contributed by atoms with E-state index in [4.69, 9.17) is 9.72 Å². The fourth-order valence-corrected chi connectivity index (χ4v) is 4.14. The Kier molecular flexibility index (Phi) is 4.36. The monoisotopic (exact) mass is 411 g/mol. The second-order valence-corrected chi connectivity index (χ2v) is 7.76. The third-order valence-corrected chi connectivity index (χ3v) is 5.67. The number of hydrogen-bond acceptors (Lipinski definition) is 5. The van der Waals surface area contributed by atoms with Gasteiger partial charge >= 0.3 is 5.97 Å². The molecule has 0 radical (unpaired) electrons. The number of para-hydroxylation sites is 2. The van der Waals surface area contributed by atoms with Gasteiger partial charge < -0.3 is 9.64 Å². The lowest BCUT2D eigenvalue weighted by Crippen LogP contribution is -2.24. The number of nitrogens with zero attached hydrogens (tertiary/aromatic N) is 3. The molecule has 2 heterocycles.